The van der Waals surface area contributed by atoms with Gasteiger partial charge in [0.25, 0.3) is 0 Å². The van der Waals surface area contributed by atoms with E-state index < -0.39 is 0 Å². The topological polar surface area (TPSA) is 72.7 Å². The van der Waals surface area contributed by atoms with E-state index in [9.17, 15) is 4.79 Å². The Morgan fingerprint density at radius 2 is 2.07 bits per heavy atom. The molecule has 1 aromatic carbocycles. The van der Waals surface area contributed by atoms with Gasteiger partial charge in [0.1, 0.15) is 0 Å². The molecule has 2 heterocycles. The number of rotatable bonds is 7. The lowest BCUT2D eigenvalue weighted by Crippen LogP contribution is -2.31. The summed E-state index contributed by atoms with van der Waals surface area (Å²) in [6, 6.07) is 13.9. The number of thioether (sulfide) groups is 1. The molecule has 27 heavy (non-hydrogen) atoms. The number of aromatic nitrogens is 4. The predicted octanol–water partition coefficient (Wildman–Crippen LogP) is 2.62. The summed E-state index contributed by atoms with van der Waals surface area (Å²) in [5.74, 6) is 2.99. The second kappa shape index (κ2) is 9.01. The molecule has 0 aliphatic carbocycles. The summed E-state index contributed by atoms with van der Waals surface area (Å²) in [5, 5.41) is 11.7. The van der Waals surface area contributed by atoms with Gasteiger partial charge in [-0.1, -0.05) is 48.0 Å². The average molecular weight is 377 g/mol. The van der Waals surface area contributed by atoms with Crippen molar-refractivity contribution in [3.05, 3.63) is 60.4 Å². The molecular weight excluding hydrogens is 358 g/mol. The normalized spacial score (nSPS) is 11.6. The number of hydrogen-bond donors (Lipinski definition) is 1. The van der Waals surface area contributed by atoms with Crippen molar-refractivity contribution in [1.29, 1.82) is 0 Å². The van der Waals surface area contributed by atoms with E-state index in [-0.39, 0.29) is 17.7 Å². The maximum atomic E-state index is 12.2. The molecule has 0 spiro atoms. The number of nitrogens with zero attached hydrogens (tertiary/aromatic N) is 4. The molecule has 2 aromatic heterocycles. The van der Waals surface area contributed by atoms with Gasteiger partial charge in [0.15, 0.2) is 11.0 Å². The SMILES string of the molecule is C#CCNC(=O)C(C)Sc1nnc(-c2cccnc2)n1Cc1ccccc1. The van der Waals surface area contributed by atoms with Crippen LogP contribution in [0, 0.1) is 12.3 Å². The van der Waals surface area contributed by atoms with Crippen LogP contribution < -0.4 is 5.32 Å². The van der Waals surface area contributed by atoms with Crippen LogP contribution in [-0.2, 0) is 11.3 Å². The molecule has 0 saturated carbocycles. The maximum absolute atomic E-state index is 12.2. The molecule has 1 atom stereocenters. The van der Waals surface area contributed by atoms with Gasteiger partial charge in [0.05, 0.1) is 18.3 Å². The smallest absolute Gasteiger partial charge is 0.234 e. The van der Waals surface area contributed by atoms with Crippen LogP contribution in [0.15, 0.2) is 60.0 Å². The minimum atomic E-state index is -0.348. The number of benzene rings is 1. The Morgan fingerprint density at radius 1 is 1.26 bits per heavy atom. The Morgan fingerprint density at radius 3 is 2.78 bits per heavy atom. The minimum Gasteiger partial charge on any atom is -0.344 e. The van der Waals surface area contributed by atoms with Gasteiger partial charge in [-0.3, -0.25) is 14.3 Å². The van der Waals surface area contributed by atoms with Crippen LogP contribution in [-0.4, -0.2) is 37.5 Å². The number of terminal acetylenes is 1. The van der Waals surface area contributed by atoms with Crippen LogP contribution in [0.25, 0.3) is 11.4 Å². The molecule has 1 unspecified atom stereocenters. The molecule has 1 N–H and O–H groups in total. The summed E-state index contributed by atoms with van der Waals surface area (Å²) in [6.07, 6.45) is 8.67. The van der Waals surface area contributed by atoms with E-state index in [1.807, 2.05) is 54.0 Å². The summed E-state index contributed by atoms with van der Waals surface area (Å²) < 4.78 is 2.00. The molecule has 6 nitrogen and oxygen atoms in total. The Bertz CT molecular complexity index is 934. The summed E-state index contributed by atoms with van der Waals surface area (Å²) in [4.78, 5) is 16.3. The molecule has 0 bridgehead atoms. The summed E-state index contributed by atoms with van der Waals surface area (Å²) in [6.45, 7) is 2.63. The van der Waals surface area contributed by atoms with Crippen LogP contribution in [0.3, 0.4) is 0 Å². The third-order valence-corrected chi connectivity index (χ3v) is 4.92. The van der Waals surface area contributed by atoms with Crippen molar-refractivity contribution in [2.24, 2.45) is 0 Å². The van der Waals surface area contributed by atoms with Gasteiger partial charge in [-0.25, -0.2) is 0 Å². The van der Waals surface area contributed by atoms with Gasteiger partial charge < -0.3 is 5.32 Å². The van der Waals surface area contributed by atoms with Crippen LogP contribution >= 0.6 is 11.8 Å². The molecule has 0 fully saturated rings. The molecule has 3 rings (SSSR count). The fourth-order valence-corrected chi connectivity index (χ4v) is 3.36. The van der Waals surface area contributed by atoms with Crippen molar-refractivity contribution in [2.45, 2.75) is 23.9 Å². The third-order valence-electron chi connectivity index (χ3n) is 3.84. The van der Waals surface area contributed by atoms with E-state index in [1.165, 1.54) is 11.8 Å². The predicted molar refractivity (Wildman–Crippen MR) is 106 cm³/mol. The highest BCUT2D eigenvalue weighted by molar-refractivity contribution is 8.00. The Kier molecular flexibility index (Phi) is 6.23. The Labute approximate surface area is 162 Å². The average Bonchev–Trinajstić information content (AvgIpc) is 3.09. The lowest BCUT2D eigenvalue weighted by atomic mass is 10.2. The molecule has 7 heteroatoms. The number of carbonyl (C=O) groups excluding carboxylic acids is 1. The van der Waals surface area contributed by atoms with Crippen molar-refractivity contribution < 1.29 is 4.79 Å². The van der Waals surface area contributed by atoms with E-state index in [0.29, 0.717) is 17.5 Å². The largest absolute Gasteiger partial charge is 0.344 e. The van der Waals surface area contributed by atoms with Crippen molar-refractivity contribution in [2.75, 3.05) is 6.54 Å². The molecule has 1 amide bonds. The highest BCUT2D eigenvalue weighted by atomic mass is 32.2. The van der Waals surface area contributed by atoms with Crippen molar-refractivity contribution in [3.8, 4) is 23.7 Å². The lowest BCUT2D eigenvalue weighted by Gasteiger charge is -2.13. The number of pyridine rings is 1. The summed E-state index contributed by atoms with van der Waals surface area (Å²) in [5.41, 5.74) is 1.99. The quantitative estimate of drug-likeness (QED) is 0.506. The van der Waals surface area contributed by atoms with E-state index in [1.54, 1.807) is 12.4 Å². The highest BCUT2D eigenvalue weighted by Crippen LogP contribution is 2.27. The first kappa shape index (κ1) is 18.7. The Hall–Kier alpha value is -3.11. The first-order valence-electron chi connectivity index (χ1n) is 8.44. The summed E-state index contributed by atoms with van der Waals surface area (Å²) >= 11 is 1.35. The second-order valence-electron chi connectivity index (χ2n) is 5.80. The molecule has 0 aliphatic heterocycles. The van der Waals surface area contributed by atoms with Crippen molar-refractivity contribution in [1.82, 2.24) is 25.1 Å². The van der Waals surface area contributed by atoms with E-state index in [2.05, 4.69) is 26.4 Å². The van der Waals surface area contributed by atoms with Crippen LogP contribution in [0.4, 0.5) is 0 Å². The first-order valence-corrected chi connectivity index (χ1v) is 9.32. The van der Waals surface area contributed by atoms with E-state index in [4.69, 9.17) is 6.42 Å². The van der Waals surface area contributed by atoms with Crippen LogP contribution in [0.1, 0.15) is 12.5 Å². The van der Waals surface area contributed by atoms with E-state index in [0.717, 1.165) is 11.1 Å². The lowest BCUT2D eigenvalue weighted by molar-refractivity contribution is -0.120. The third kappa shape index (κ3) is 4.74. The number of carbonyl (C=O) groups is 1. The molecule has 0 radical (unpaired) electrons. The zero-order chi connectivity index (χ0) is 19.1. The summed E-state index contributed by atoms with van der Waals surface area (Å²) in [7, 11) is 0. The molecular formula is C20H19N5OS. The highest BCUT2D eigenvalue weighted by Gasteiger charge is 2.20. The van der Waals surface area contributed by atoms with Crippen LogP contribution in [0.5, 0.6) is 0 Å². The van der Waals surface area contributed by atoms with E-state index >= 15 is 0 Å². The zero-order valence-corrected chi connectivity index (χ0v) is 15.7. The Balaban J connectivity index is 1.90. The van der Waals surface area contributed by atoms with Crippen molar-refractivity contribution in [3.63, 3.8) is 0 Å². The van der Waals surface area contributed by atoms with Crippen LogP contribution in [0.2, 0.25) is 0 Å². The van der Waals surface area contributed by atoms with Gasteiger partial charge >= 0.3 is 0 Å². The molecule has 3 aromatic rings. The first-order chi connectivity index (χ1) is 13.2. The number of hydrogen-bond acceptors (Lipinski definition) is 5. The monoisotopic (exact) mass is 377 g/mol. The van der Waals surface area contributed by atoms with Gasteiger partial charge in [-0.15, -0.1) is 16.6 Å². The van der Waals surface area contributed by atoms with Gasteiger partial charge in [0, 0.05) is 18.0 Å². The fourth-order valence-electron chi connectivity index (χ4n) is 2.49. The molecule has 136 valence electrons. The van der Waals surface area contributed by atoms with Gasteiger partial charge in [-0.05, 0) is 24.6 Å². The second-order valence-corrected chi connectivity index (χ2v) is 7.11. The molecule has 0 aliphatic rings. The number of nitrogens with one attached hydrogen (secondary N) is 1. The zero-order valence-electron chi connectivity index (χ0n) is 14.9. The van der Waals surface area contributed by atoms with Gasteiger partial charge in [-0.2, -0.15) is 0 Å². The maximum Gasteiger partial charge on any atom is 0.234 e. The fraction of sp³-hybridized carbons (Fsp3) is 0.200. The van der Waals surface area contributed by atoms with Crippen molar-refractivity contribution >= 4 is 17.7 Å². The minimum absolute atomic E-state index is 0.130. The van der Waals surface area contributed by atoms with Gasteiger partial charge in [0.2, 0.25) is 5.91 Å². The molecule has 0 saturated heterocycles. The standard InChI is InChI=1S/C20H19N5OS/c1-3-11-22-19(26)15(2)27-20-24-23-18(17-10-7-12-21-13-17)25(20)14-16-8-5-4-6-9-16/h1,4-10,12-13,15H,11,14H2,2H3,(H,22,26). The number of amides is 1.